The van der Waals surface area contributed by atoms with Gasteiger partial charge in [0.05, 0.1) is 5.75 Å². The van der Waals surface area contributed by atoms with E-state index in [0.717, 1.165) is 11.4 Å². The number of nitrogens with one attached hydrogen (secondary N) is 2. The van der Waals surface area contributed by atoms with E-state index >= 15 is 0 Å². The Kier molecular flexibility index (Phi) is 6.16. The first kappa shape index (κ1) is 15.4. The monoisotopic (exact) mass is 300 g/mol. The van der Waals surface area contributed by atoms with Gasteiger partial charge in [-0.3, -0.25) is 4.79 Å². The molecule has 0 spiro atoms. The number of fused-ring (bicyclic) bond motifs is 1. The minimum Gasteiger partial charge on any atom is -0.383 e. The first-order valence-corrected chi connectivity index (χ1v) is 8.13. The van der Waals surface area contributed by atoms with E-state index in [-0.39, 0.29) is 5.91 Å². The molecule has 0 fully saturated rings. The van der Waals surface area contributed by atoms with Crippen molar-refractivity contribution in [2.24, 2.45) is 0 Å². The Morgan fingerprint density at radius 3 is 2.81 bits per heavy atom. The van der Waals surface area contributed by atoms with E-state index < -0.39 is 0 Å². The van der Waals surface area contributed by atoms with Gasteiger partial charge in [-0.2, -0.15) is 0 Å². The van der Waals surface area contributed by atoms with Crippen LogP contribution >= 0.6 is 11.8 Å². The van der Waals surface area contributed by atoms with Gasteiger partial charge >= 0.3 is 0 Å². The highest BCUT2D eigenvalue weighted by Gasteiger charge is 2.01. The minimum atomic E-state index is 0.0709. The number of carbonyl (C=O) groups excluding carboxylic acids is 1. The van der Waals surface area contributed by atoms with Crippen LogP contribution in [0.1, 0.15) is 0 Å². The SMILES string of the molecule is C=CCSCC(=O)NCCNc1cccc2ccccc12. The van der Waals surface area contributed by atoms with Crippen LogP contribution in [0.15, 0.2) is 55.1 Å². The van der Waals surface area contributed by atoms with Gasteiger partial charge in [0.25, 0.3) is 0 Å². The average Bonchev–Trinajstić information content (AvgIpc) is 2.52. The maximum Gasteiger partial charge on any atom is 0.230 e. The second-order valence-electron chi connectivity index (χ2n) is 4.61. The topological polar surface area (TPSA) is 41.1 Å². The van der Waals surface area contributed by atoms with Crippen molar-refractivity contribution in [3.8, 4) is 0 Å². The largest absolute Gasteiger partial charge is 0.383 e. The number of rotatable bonds is 8. The van der Waals surface area contributed by atoms with Crippen LogP contribution in [0, 0.1) is 0 Å². The van der Waals surface area contributed by atoms with E-state index in [2.05, 4.69) is 41.5 Å². The summed E-state index contributed by atoms with van der Waals surface area (Å²) in [5.41, 5.74) is 1.10. The summed E-state index contributed by atoms with van der Waals surface area (Å²) < 4.78 is 0. The molecule has 21 heavy (non-hydrogen) atoms. The van der Waals surface area contributed by atoms with Crippen molar-refractivity contribution in [1.82, 2.24) is 5.32 Å². The Balaban J connectivity index is 1.78. The number of thioether (sulfide) groups is 1. The lowest BCUT2D eigenvalue weighted by Gasteiger charge is -2.10. The molecule has 1 amide bonds. The predicted octanol–water partition coefficient (Wildman–Crippen LogP) is 3.29. The summed E-state index contributed by atoms with van der Waals surface area (Å²) in [6, 6.07) is 14.5. The lowest BCUT2D eigenvalue weighted by molar-refractivity contribution is -0.118. The lowest BCUT2D eigenvalue weighted by atomic mass is 10.1. The van der Waals surface area contributed by atoms with Crippen molar-refractivity contribution in [3.05, 3.63) is 55.1 Å². The lowest BCUT2D eigenvalue weighted by Crippen LogP contribution is -2.30. The third-order valence-corrected chi connectivity index (χ3v) is 3.96. The summed E-state index contributed by atoms with van der Waals surface area (Å²) in [6.07, 6.45) is 1.81. The van der Waals surface area contributed by atoms with Crippen LogP contribution in [0.2, 0.25) is 0 Å². The van der Waals surface area contributed by atoms with Gasteiger partial charge in [0.1, 0.15) is 0 Å². The average molecular weight is 300 g/mol. The molecule has 0 aromatic heterocycles. The second-order valence-corrected chi connectivity index (χ2v) is 5.64. The predicted molar refractivity (Wildman–Crippen MR) is 93.0 cm³/mol. The Morgan fingerprint density at radius 2 is 1.95 bits per heavy atom. The van der Waals surface area contributed by atoms with Gasteiger partial charge in [0.2, 0.25) is 5.91 Å². The molecular weight excluding hydrogens is 280 g/mol. The molecule has 2 aromatic carbocycles. The highest BCUT2D eigenvalue weighted by atomic mass is 32.2. The molecule has 3 nitrogen and oxygen atoms in total. The summed E-state index contributed by atoms with van der Waals surface area (Å²) in [5.74, 6) is 1.36. The van der Waals surface area contributed by atoms with Crippen molar-refractivity contribution in [2.45, 2.75) is 0 Å². The molecule has 4 heteroatoms. The molecule has 0 aliphatic carbocycles. The van der Waals surface area contributed by atoms with Crippen LogP contribution in [0.25, 0.3) is 10.8 Å². The molecule has 2 N–H and O–H groups in total. The summed E-state index contributed by atoms with van der Waals surface area (Å²) >= 11 is 1.57. The van der Waals surface area contributed by atoms with E-state index in [4.69, 9.17) is 0 Å². The van der Waals surface area contributed by atoms with Crippen LogP contribution in [-0.2, 0) is 4.79 Å². The molecule has 0 bridgehead atoms. The highest BCUT2D eigenvalue weighted by molar-refractivity contribution is 8.00. The maximum absolute atomic E-state index is 11.5. The minimum absolute atomic E-state index is 0.0709. The number of amides is 1. The Labute approximate surface area is 129 Å². The van der Waals surface area contributed by atoms with E-state index in [1.165, 1.54) is 10.8 Å². The fraction of sp³-hybridized carbons (Fsp3) is 0.235. The van der Waals surface area contributed by atoms with Gasteiger partial charge in [-0.15, -0.1) is 18.3 Å². The van der Waals surface area contributed by atoms with Crippen molar-refractivity contribution in [3.63, 3.8) is 0 Å². The Bertz CT molecular complexity index is 607. The van der Waals surface area contributed by atoms with E-state index in [1.54, 1.807) is 17.8 Å². The molecule has 0 saturated heterocycles. The van der Waals surface area contributed by atoms with E-state index in [1.807, 2.05) is 18.2 Å². The van der Waals surface area contributed by atoms with Crippen LogP contribution in [0.4, 0.5) is 5.69 Å². The number of hydrogen-bond donors (Lipinski definition) is 2. The van der Waals surface area contributed by atoms with E-state index in [0.29, 0.717) is 18.8 Å². The van der Waals surface area contributed by atoms with Gasteiger partial charge in [-0.05, 0) is 11.5 Å². The summed E-state index contributed by atoms with van der Waals surface area (Å²) in [6.45, 7) is 4.96. The third kappa shape index (κ3) is 4.83. The van der Waals surface area contributed by atoms with Crippen molar-refractivity contribution < 1.29 is 4.79 Å². The molecule has 0 aliphatic heterocycles. The fourth-order valence-electron chi connectivity index (χ4n) is 2.06. The highest BCUT2D eigenvalue weighted by Crippen LogP contribution is 2.22. The van der Waals surface area contributed by atoms with Gasteiger partial charge in [-0.1, -0.05) is 42.5 Å². The number of benzene rings is 2. The molecular formula is C17H20N2OS. The van der Waals surface area contributed by atoms with Gasteiger partial charge < -0.3 is 10.6 Å². The normalized spacial score (nSPS) is 10.3. The summed E-state index contributed by atoms with van der Waals surface area (Å²) in [4.78, 5) is 11.5. The summed E-state index contributed by atoms with van der Waals surface area (Å²) in [7, 11) is 0. The van der Waals surface area contributed by atoms with Crippen molar-refractivity contribution in [2.75, 3.05) is 29.9 Å². The smallest absolute Gasteiger partial charge is 0.230 e. The van der Waals surface area contributed by atoms with Crippen LogP contribution in [-0.4, -0.2) is 30.5 Å². The van der Waals surface area contributed by atoms with Crippen molar-refractivity contribution in [1.29, 1.82) is 0 Å². The van der Waals surface area contributed by atoms with E-state index in [9.17, 15) is 4.79 Å². The first-order valence-electron chi connectivity index (χ1n) is 6.98. The van der Waals surface area contributed by atoms with Gasteiger partial charge in [0.15, 0.2) is 0 Å². The Morgan fingerprint density at radius 1 is 1.14 bits per heavy atom. The molecule has 0 atom stereocenters. The molecule has 0 saturated carbocycles. The molecule has 0 unspecified atom stereocenters. The second kappa shape index (κ2) is 8.37. The number of hydrogen-bond acceptors (Lipinski definition) is 3. The summed E-state index contributed by atoms with van der Waals surface area (Å²) in [5, 5.41) is 8.69. The van der Waals surface area contributed by atoms with Gasteiger partial charge in [-0.25, -0.2) is 0 Å². The number of carbonyl (C=O) groups is 1. The molecule has 2 rings (SSSR count). The molecule has 0 radical (unpaired) electrons. The molecule has 2 aromatic rings. The van der Waals surface area contributed by atoms with Crippen LogP contribution < -0.4 is 10.6 Å². The Hall–Kier alpha value is -1.94. The quantitative estimate of drug-likeness (QED) is 0.580. The first-order chi connectivity index (χ1) is 10.3. The number of anilines is 1. The zero-order valence-corrected chi connectivity index (χ0v) is 12.8. The fourth-order valence-corrected chi connectivity index (χ4v) is 2.64. The molecule has 110 valence electrons. The maximum atomic E-state index is 11.5. The molecule has 0 heterocycles. The van der Waals surface area contributed by atoms with Crippen LogP contribution in [0.3, 0.4) is 0 Å². The van der Waals surface area contributed by atoms with Crippen LogP contribution in [0.5, 0.6) is 0 Å². The van der Waals surface area contributed by atoms with Crippen molar-refractivity contribution >= 4 is 34.1 Å². The zero-order valence-electron chi connectivity index (χ0n) is 12.0. The van der Waals surface area contributed by atoms with Gasteiger partial charge in [0, 0.05) is 29.9 Å². The standard InChI is InChI=1S/C17H20N2OS/c1-2-12-21-13-17(20)19-11-10-18-16-9-5-7-14-6-3-4-8-15(14)16/h2-9,18H,1,10-13H2,(H,19,20). The molecule has 0 aliphatic rings. The third-order valence-electron chi connectivity index (χ3n) is 3.02. The zero-order chi connectivity index (χ0) is 14.9.